The van der Waals surface area contributed by atoms with E-state index in [1.165, 1.54) is 50.2 Å². The van der Waals surface area contributed by atoms with E-state index in [9.17, 15) is 25.6 Å². The average Bonchev–Trinajstić information content (AvgIpc) is 4.13. The zero-order valence-corrected chi connectivity index (χ0v) is 38.2. The van der Waals surface area contributed by atoms with E-state index in [1.54, 1.807) is 35.5 Å². The summed E-state index contributed by atoms with van der Waals surface area (Å²) in [5, 5.41) is 15.0. The fourth-order valence-corrected chi connectivity index (χ4v) is 10.8. The van der Waals surface area contributed by atoms with Gasteiger partial charge in [0.25, 0.3) is 0 Å². The number of para-hydroxylation sites is 2. The molecule has 8 rings (SSSR count). The van der Waals surface area contributed by atoms with E-state index in [2.05, 4.69) is 20.4 Å². The number of hydrogen-bond donors (Lipinski definition) is 0. The Hall–Kier alpha value is -5.56. The lowest BCUT2D eigenvalue weighted by molar-refractivity contribution is 0.103. The monoisotopic (exact) mass is 918 g/mol. The highest BCUT2D eigenvalue weighted by molar-refractivity contribution is 7.91. The molecule has 64 heavy (non-hydrogen) atoms. The molecular weight excluding hydrogens is 867 g/mol. The van der Waals surface area contributed by atoms with Gasteiger partial charge in [0, 0.05) is 24.3 Å². The number of aromatic nitrogens is 6. The second kappa shape index (κ2) is 19.7. The van der Waals surface area contributed by atoms with Crippen LogP contribution in [0.3, 0.4) is 0 Å². The van der Waals surface area contributed by atoms with Gasteiger partial charge in [-0.25, -0.2) is 25.6 Å². The lowest BCUT2D eigenvalue weighted by Crippen LogP contribution is -2.18. The summed E-state index contributed by atoms with van der Waals surface area (Å²) in [6.07, 6.45) is 2.75. The first-order valence-electron chi connectivity index (χ1n) is 21.0. The molecule has 2 aromatic heterocycles. The zero-order valence-electron chi connectivity index (χ0n) is 36.6. The maximum atomic E-state index is 14.3. The third kappa shape index (κ3) is 9.60. The van der Waals surface area contributed by atoms with E-state index in [4.69, 9.17) is 18.9 Å². The fraction of sp³-hybridized carbons (Fsp3) is 0.391. The predicted octanol–water partition coefficient (Wildman–Crippen LogP) is 8.50. The molecule has 340 valence electrons. The molecule has 2 aliphatic rings. The van der Waals surface area contributed by atoms with Crippen LogP contribution in [-0.4, -0.2) is 73.8 Å². The van der Waals surface area contributed by atoms with Crippen LogP contribution in [-0.2, 0) is 40.7 Å². The Morgan fingerprint density at radius 1 is 0.609 bits per heavy atom. The van der Waals surface area contributed by atoms with E-state index in [0.717, 1.165) is 36.8 Å². The minimum absolute atomic E-state index is 0.131. The number of rotatable bonds is 14. The smallest absolute Gasteiger partial charge is 0.167 e. The van der Waals surface area contributed by atoms with E-state index < -0.39 is 53.3 Å². The molecule has 6 aromatic rings. The Bertz CT molecular complexity index is 2630. The maximum absolute atomic E-state index is 14.3. The van der Waals surface area contributed by atoms with Crippen molar-refractivity contribution in [3.8, 4) is 22.9 Å². The fourth-order valence-electron chi connectivity index (χ4n) is 8.09. The summed E-state index contributed by atoms with van der Waals surface area (Å²) in [5.41, 5.74) is 3.37. The van der Waals surface area contributed by atoms with Crippen LogP contribution < -0.4 is 9.47 Å². The van der Waals surface area contributed by atoms with Crippen molar-refractivity contribution in [2.75, 3.05) is 27.4 Å². The molecule has 0 aliphatic carbocycles. The lowest BCUT2D eigenvalue weighted by atomic mass is 10.1. The number of sulfone groups is 2. The summed E-state index contributed by atoms with van der Waals surface area (Å²) in [5.74, 6) is 0.806. The van der Waals surface area contributed by atoms with E-state index >= 15 is 0 Å². The van der Waals surface area contributed by atoms with Crippen LogP contribution in [0.2, 0.25) is 0 Å². The van der Waals surface area contributed by atoms with Crippen LogP contribution in [0.15, 0.2) is 84.9 Å². The van der Waals surface area contributed by atoms with E-state index in [-0.39, 0.29) is 35.0 Å². The predicted molar refractivity (Wildman–Crippen MR) is 236 cm³/mol. The van der Waals surface area contributed by atoms with Gasteiger partial charge in [-0.3, -0.25) is 9.13 Å². The summed E-state index contributed by atoms with van der Waals surface area (Å²) in [4.78, 5) is 0. The quantitative estimate of drug-likeness (QED) is 0.102. The summed E-state index contributed by atoms with van der Waals surface area (Å²) in [6.45, 7) is 8.03. The number of halogens is 2. The normalized spacial score (nSPS) is 17.4. The van der Waals surface area contributed by atoms with Crippen molar-refractivity contribution in [3.63, 3.8) is 0 Å². The zero-order chi connectivity index (χ0) is 45.8. The first-order chi connectivity index (χ1) is 30.7. The third-order valence-electron chi connectivity index (χ3n) is 11.7. The second-order valence-electron chi connectivity index (χ2n) is 15.8. The molecule has 14 nitrogen and oxygen atoms in total. The van der Waals surface area contributed by atoms with Gasteiger partial charge in [0.05, 0.1) is 36.1 Å². The highest BCUT2D eigenvalue weighted by atomic mass is 32.2. The van der Waals surface area contributed by atoms with Crippen molar-refractivity contribution in [2.45, 2.75) is 87.6 Å². The molecule has 0 unspecified atom stereocenters. The van der Waals surface area contributed by atoms with Crippen molar-refractivity contribution in [3.05, 3.63) is 142 Å². The van der Waals surface area contributed by atoms with Gasteiger partial charge in [-0.1, -0.05) is 60.7 Å². The summed E-state index contributed by atoms with van der Waals surface area (Å²) >= 11 is 0. The maximum Gasteiger partial charge on any atom is 0.167 e. The molecule has 0 spiro atoms. The van der Waals surface area contributed by atoms with Gasteiger partial charge >= 0.3 is 0 Å². The standard InChI is InChI=1S/2C23H26FN3O4S/c2*1-15-8-6-11-19(30-3)22(15)27-21(25-26-23(27)20-12-7-13-31-20)14-32(28,29)16(2)17-9-4-5-10-18(17)24/h2*4-6,8-11,16,20H,7,12-14H2,1-3H3/t16-,20+;16-,20-/m00/s1. The second-order valence-corrected chi connectivity index (χ2v) is 20.5. The largest absolute Gasteiger partial charge is 0.495 e. The van der Waals surface area contributed by atoms with Crippen molar-refractivity contribution in [2.24, 2.45) is 0 Å². The Morgan fingerprint density at radius 3 is 1.34 bits per heavy atom. The topological polar surface area (TPSA) is 167 Å². The van der Waals surface area contributed by atoms with Crippen LogP contribution >= 0.6 is 0 Å². The van der Waals surface area contributed by atoms with Gasteiger partial charge in [0.15, 0.2) is 43.0 Å². The number of benzene rings is 4. The van der Waals surface area contributed by atoms with Gasteiger partial charge in [-0.15, -0.1) is 20.4 Å². The Labute approximate surface area is 372 Å². The molecular formula is C46H52F2N6O8S2. The number of nitrogens with zero attached hydrogens (tertiary/aromatic N) is 6. The summed E-state index contributed by atoms with van der Waals surface area (Å²) in [6, 6.07) is 23.0. The number of aryl methyl sites for hydroxylation is 2. The Morgan fingerprint density at radius 2 is 1.00 bits per heavy atom. The molecule has 0 bridgehead atoms. The highest BCUT2D eigenvalue weighted by Crippen LogP contribution is 2.38. The lowest BCUT2D eigenvalue weighted by Gasteiger charge is -2.19. The van der Waals surface area contributed by atoms with Gasteiger partial charge in [-0.2, -0.15) is 0 Å². The Kier molecular flexibility index (Phi) is 14.3. The minimum atomic E-state index is -3.81. The Balaban J connectivity index is 0.000000191. The van der Waals surface area contributed by atoms with Gasteiger partial charge in [0.2, 0.25) is 0 Å². The van der Waals surface area contributed by atoms with E-state index in [1.807, 2.05) is 50.2 Å². The number of methoxy groups -OCH3 is 2. The number of ether oxygens (including phenoxy) is 4. The van der Waals surface area contributed by atoms with Crippen LogP contribution in [0, 0.1) is 25.5 Å². The van der Waals surface area contributed by atoms with Gasteiger partial charge in [-0.05, 0) is 88.8 Å². The molecule has 4 aromatic carbocycles. The van der Waals surface area contributed by atoms with Gasteiger partial charge < -0.3 is 18.9 Å². The van der Waals surface area contributed by atoms with Gasteiger partial charge in [0.1, 0.15) is 46.8 Å². The van der Waals surface area contributed by atoms with Crippen molar-refractivity contribution in [1.82, 2.24) is 29.5 Å². The van der Waals surface area contributed by atoms with Crippen LogP contribution in [0.4, 0.5) is 8.78 Å². The van der Waals surface area contributed by atoms with E-state index in [0.29, 0.717) is 47.7 Å². The molecule has 0 radical (unpaired) electrons. The minimum Gasteiger partial charge on any atom is -0.495 e. The molecule has 2 fully saturated rings. The molecule has 0 N–H and O–H groups in total. The molecule has 0 saturated carbocycles. The first kappa shape index (κ1) is 46.4. The van der Waals surface area contributed by atoms with Crippen molar-refractivity contribution >= 4 is 19.7 Å². The SMILES string of the molecule is COc1cccc(C)c1-n1c(CS(=O)(=O)[C@@H](C)c2ccccc2F)nnc1[C@@H]1CCCO1.COc1cccc(C)c1-n1c(CS(=O)(=O)[C@@H](C)c2ccccc2F)nnc1[C@H]1CCCO1. The summed E-state index contributed by atoms with van der Waals surface area (Å²) in [7, 11) is -4.49. The van der Waals surface area contributed by atoms with Crippen LogP contribution in [0.25, 0.3) is 11.4 Å². The van der Waals surface area contributed by atoms with Crippen LogP contribution in [0.5, 0.6) is 11.5 Å². The average molecular weight is 919 g/mol. The molecule has 2 aliphatic heterocycles. The molecule has 18 heteroatoms. The highest BCUT2D eigenvalue weighted by Gasteiger charge is 2.34. The van der Waals surface area contributed by atoms with Crippen molar-refractivity contribution < 1.29 is 44.6 Å². The molecule has 4 atom stereocenters. The molecule has 0 amide bonds. The molecule has 4 heterocycles. The first-order valence-corrected chi connectivity index (χ1v) is 24.4. The summed E-state index contributed by atoms with van der Waals surface area (Å²) < 4.78 is 108. The van der Waals surface area contributed by atoms with Crippen molar-refractivity contribution in [1.29, 1.82) is 0 Å². The number of hydrogen-bond acceptors (Lipinski definition) is 12. The third-order valence-corrected chi connectivity index (χ3v) is 15.6. The van der Waals surface area contributed by atoms with Crippen LogP contribution in [0.1, 0.15) is 108 Å². The molecule has 2 saturated heterocycles.